The molecule has 0 amide bonds. The summed E-state index contributed by atoms with van der Waals surface area (Å²) in [6.45, 7) is 1.61. The Morgan fingerprint density at radius 2 is 2.12 bits per heavy atom. The molecular weight excluding hydrogens is 240 g/mol. The van der Waals surface area contributed by atoms with Crippen LogP contribution >= 0.6 is 0 Å². The summed E-state index contributed by atoms with van der Waals surface area (Å²) in [4.78, 5) is 10.9. The van der Waals surface area contributed by atoms with E-state index in [9.17, 15) is 13.2 Å². The van der Waals surface area contributed by atoms with Crippen molar-refractivity contribution in [3.63, 3.8) is 0 Å². The molecule has 1 N–H and O–H groups in total. The van der Waals surface area contributed by atoms with Crippen molar-refractivity contribution in [1.82, 2.24) is 0 Å². The molecule has 4 nitrogen and oxygen atoms in total. The molecule has 0 aromatic heterocycles. The molecular formula is C12H12O4S. The zero-order chi connectivity index (χ0) is 13.1. The highest BCUT2D eigenvalue weighted by molar-refractivity contribution is 7.91. The van der Waals surface area contributed by atoms with Gasteiger partial charge in [-0.1, -0.05) is 6.07 Å². The van der Waals surface area contributed by atoms with Crippen LogP contribution in [-0.4, -0.2) is 25.2 Å². The van der Waals surface area contributed by atoms with Gasteiger partial charge in [-0.15, -0.1) is 12.3 Å². The third kappa shape index (κ3) is 3.08. The number of carboxylic acid groups (broad SMARTS) is 1. The van der Waals surface area contributed by atoms with Gasteiger partial charge in [0.15, 0.2) is 9.84 Å². The van der Waals surface area contributed by atoms with Gasteiger partial charge in [-0.2, -0.15) is 0 Å². The molecule has 0 saturated carbocycles. The average Bonchev–Trinajstić information content (AvgIpc) is 2.26. The Labute approximate surface area is 100 Å². The number of aromatic carboxylic acids is 1. The van der Waals surface area contributed by atoms with E-state index in [1.54, 1.807) is 6.92 Å². The summed E-state index contributed by atoms with van der Waals surface area (Å²) in [7, 11) is -3.50. The van der Waals surface area contributed by atoms with Crippen LogP contribution in [0, 0.1) is 19.3 Å². The van der Waals surface area contributed by atoms with Crippen LogP contribution in [-0.2, 0) is 9.84 Å². The second kappa shape index (κ2) is 5.02. The summed E-state index contributed by atoms with van der Waals surface area (Å²) < 4.78 is 23.6. The zero-order valence-corrected chi connectivity index (χ0v) is 10.1. The molecule has 1 aromatic carbocycles. The molecule has 0 aliphatic rings. The highest BCUT2D eigenvalue weighted by atomic mass is 32.2. The van der Waals surface area contributed by atoms with Crippen LogP contribution in [0.4, 0.5) is 0 Å². The minimum Gasteiger partial charge on any atom is -0.478 e. The molecule has 0 fully saturated rings. The molecule has 0 aliphatic carbocycles. The SMILES string of the molecule is C#CCCS(=O)(=O)c1ccc(C)c(C(=O)O)c1. The molecule has 5 heteroatoms. The summed E-state index contributed by atoms with van der Waals surface area (Å²) in [5.74, 6) is 0.930. The molecule has 0 spiro atoms. The molecule has 0 unspecified atom stereocenters. The third-order valence-electron chi connectivity index (χ3n) is 2.31. The van der Waals surface area contributed by atoms with Crippen LogP contribution in [0.1, 0.15) is 22.3 Å². The van der Waals surface area contributed by atoms with E-state index in [1.807, 2.05) is 0 Å². The number of sulfone groups is 1. The smallest absolute Gasteiger partial charge is 0.335 e. The second-order valence-electron chi connectivity index (χ2n) is 3.55. The summed E-state index contributed by atoms with van der Waals surface area (Å²) in [5.41, 5.74) is 0.514. The molecule has 0 bridgehead atoms. The van der Waals surface area contributed by atoms with Crippen molar-refractivity contribution in [2.75, 3.05) is 5.75 Å². The monoisotopic (exact) mass is 252 g/mol. The average molecular weight is 252 g/mol. The van der Waals surface area contributed by atoms with Crippen LogP contribution in [0.15, 0.2) is 23.1 Å². The van der Waals surface area contributed by atoms with E-state index < -0.39 is 15.8 Å². The number of aryl methyl sites for hydroxylation is 1. The van der Waals surface area contributed by atoms with Crippen LogP contribution < -0.4 is 0 Å². The number of carboxylic acids is 1. The second-order valence-corrected chi connectivity index (χ2v) is 5.66. The first-order valence-corrected chi connectivity index (χ1v) is 6.54. The van der Waals surface area contributed by atoms with Gasteiger partial charge in [0.05, 0.1) is 16.2 Å². The highest BCUT2D eigenvalue weighted by Crippen LogP contribution is 2.17. The van der Waals surface area contributed by atoms with Crippen molar-refractivity contribution in [3.8, 4) is 12.3 Å². The maximum atomic E-state index is 11.8. The number of benzene rings is 1. The summed E-state index contributed by atoms with van der Waals surface area (Å²) >= 11 is 0. The summed E-state index contributed by atoms with van der Waals surface area (Å²) in [5, 5.41) is 8.90. The molecule has 0 atom stereocenters. The molecule has 0 aliphatic heterocycles. The number of terminal acetylenes is 1. The minimum absolute atomic E-state index is 0.00394. The Kier molecular flexibility index (Phi) is 3.92. The van der Waals surface area contributed by atoms with Gasteiger partial charge in [0.25, 0.3) is 0 Å². The van der Waals surface area contributed by atoms with Crippen molar-refractivity contribution in [3.05, 3.63) is 29.3 Å². The van der Waals surface area contributed by atoms with Crippen LogP contribution in [0.5, 0.6) is 0 Å². The Hall–Kier alpha value is -1.80. The third-order valence-corrected chi connectivity index (χ3v) is 4.03. The van der Waals surface area contributed by atoms with Gasteiger partial charge in [-0.05, 0) is 24.6 Å². The molecule has 1 aromatic rings. The van der Waals surface area contributed by atoms with Gasteiger partial charge < -0.3 is 5.11 Å². The first-order valence-electron chi connectivity index (χ1n) is 4.88. The van der Waals surface area contributed by atoms with Crippen molar-refractivity contribution in [1.29, 1.82) is 0 Å². The fourth-order valence-electron chi connectivity index (χ4n) is 1.34. The van der Waals surface area contributed by atoms with Gasteiger partial charge in [-0.25, -0.2) is 13.2 Å². The fraction of sp³-hybridized carbons (Fsp3) is 0.250. The Morgan fingerprint density at radius 3 is 2.65 bits per heavy atom. The summed E-state index contributed by atoms with van der Waals surface area (Å²) in [6.07, 6.45) is 5.12. The molecule has 17 heavy (non-hydrogen) atoms. The predicted octanol–water partition coefficient (Wildman–Crippen LogP) is 1.49. The first-order chi connectivity index (χ1) is 7.88. The van der Waals surface area contributed by atoms with E-state index in [-0.39, 0.29) is 22.6 Å². The van der Waals surface area contributed by atoms with Crippen LogP contribution in [0.3, 0.4) is 0 Å². The minimum atomic E-state index is -3.50. The molecule has 0 saturated heterocycles. The molecule has 0 heterocycles. The maximum Gasteiger partial charge on any atom is 0.335 e. The van der Waals surface area contributed by atoms with Gasteiger partial charge in [0.2, 0.25) is 0 Å². The quantitative estimate of drug-likeness (QED) is 0.824. The van der Waals surface area contributed by atoms with Crippen molar-refractivity contribution >= 4 is 15.8 Å². The number of rotatable bonds is 4. The van der Waals surface area contributed by atoms with Gasteiger partial charge >= 0.3 is 5.97 Å². The largest absolute Gasteiger partial charge is 0.478 e. The lowest BCUT2D eigenvalue weighted by molar-refractivity contribution is 0.0696. The lowest BCUT2D eigenvalue weighted by atomic mass is 10.1. The number of hydrogen-bond donors (Lipinski definition) is 1. The van der Waals surface area contributed by atoms with Gasteiger partial charge in [-0.3, -0.25) is 0 Å². The van der Waals surface area contributed by atoms with E-state index in [0.717, 1.165) is 0 Å². The van der Waals surface area contributed by atoms with E-state index in [4.69, 9.17) is 11.5 Å². The first kappa shape index (κ1) is 13.3. The van der Waals surface area contributed by atoms with Crippen LogP contribution in [0.2, 0.25) is 0 Å². The van der Waals surface area contributed by atoms with Crippen LogP contribution in [0.25, 0.3) is 0 Å². The molecule has 0 radical (unpaired) electrons. The molecule has 1 rings (SSSR count). The molecule has 90 valence electrons. The summed E-state index contributed by atoms with van der Waals surface area (Å²) in [6, 6.07) is 4.04. The van der Waals surface area contributed by atoms with E-state index in [0.29, 0.717) is 5.56 Å². The lowest BCUT2D eigenvalue weighted by Gasteiger charge is -2.05. The number of hydrogen-bond acceptors (Lipinski definition) is 3. The van der Waals surface area contributed by atoms with Gasteiger partial charge in [0.1, 0.15) is 0 Å². The highest BCUT2D eigenvalue weighted by Gasteiger charge is 2.17. The van der Waals surface area contributed by atoms with E-state index >= 15 is 0 Å². The fourth-order valence-corrected chi connectivity index (χ4v) is 2.53. The van der Waals surface area contributed by atoms with E-state index in [1.165, 1.54) is 18.2 Å². The Balaban J connectivity index is 3.21. The number of carbonyl (C=O) groups is 1. The lowest BCUT2D eigenvalue weighted by Crippen LogP contribution is -2.09. The van der Waals surface area contributed by atoms with Crippen molar-refractivity contribution in [2.24, 2.45) is 0 Å². The maximum absolute atomic E-state index is 11.8. The van der Waals surface area contributed by atoms with Crippen molar-refractivity contribution < 1.29 is 18.3 Å². The Bertz CT molecular complexity index is 579. The predicted molar refractivity (Wildman–Crippen MR) is 63.6 cm³/mol. The van der Waals surface area contributed by atoms with Crippen molar-refractivity contribution in [2.45, 2.75) is 18.2 Å². The zero-order valence-electron chi connectivity index (χ0n) is 9.30. The Morgan fingerprint density at radius 1 is 1.47 bits per heavy atom. The van der Waals surface area contributed by atoms with E-state index in [2.05, 4.69) is 5.92 Å². The normalized spacial score (nSPS) is 10.8. The van der Waals surface area contributed by atoms with Gasteiger partial charge in [0, 0.05) is 6.42 Å². The standard InChI is InChI=1S/C12H12O4S/c1-3-4-7-17(15,16)10-6-5-9(2)11(8-10)12(13)14/h1,5-6,8H,4,7H2,2H3,(H,13,14). The topological polar surface area (TPSA) is 71.4 Å².